The molecule has 1 heterocycles. The van der Waals surface area contributed by atoms with Gasteiger partial charge in [-0.2, -0.15) is 5.10 Å². The van der Waals surface area contributed by atoms with Gasteiger partial charge in [-0.3, -0.25) is 9.48 Å². The zero-order chi connectivity index (χ0) is 15.7. The SMILES string of the molecule is C=C1CCC(NC(=O)c2nn(C)c3ccccc23)C(OC)C1. The topological polar surface area (TPSA) is 56.2 Å². The molecule has 0 bridgehead atoms. The molecule has 0 spiro atoms. The Hall–Kier alpha value is -2.14. The second-order valence-corrected chi connectivity index (χ2v) is 5.84. The first-order valence-corrected chi connectivity index (χ1v) is 7.52. The van der Waals surface area contributed by atoms with Crippen LogP contribution in [0.4, 0.5) is 0 Å². The van der Waals surface area contributed by atoms with Gasteiger partial charge in [-0.15, -0.1) is 0 Å². The number of carbonyl (C=O) groups excluding carboxylic acids is 1. The number of para-hydroxylation sites is 1. The summed E-state index contributed by atoms with van der Waals surface area (Å²) in [5, 5.41) is 8.32. The molecule has 1 fully saturated rings. The number of aromatic nitrogens is 2. The van der Waals surface area contributed by atoms with E-state index in [0.29, 0.717) is 5.69 Å². The average molecular weight is 299 g/mol. The molecule has 0 saturated heterocycles. The molecule has 5 heteroatoms. The van der Waals surface area contributed by atoms with Crippen LogP contribution in [0, 0.1) is 0 Å². The van der Waals surface area contributed by atoms with Crippen LogP contribution in [0.5, 0.6) is 0 Å². The van der Waals surface area contributed by atoms with Crippen LogP contribution in [0.3, 0.4) is 0 Å². The smallest absolute Gasteiger partial charge is 0.272 e. The number of nitrogens with one attached hydrogen (secondary N) is 1. The zero-order valence-corrected chi connectivity index (χ0v) is 13.0. The number of amides is 1. The Kier molecular flexibility index (Phi) is 3.98. The third-order valence-electron chi connectivity index (χ3n) is 4.34. The number of carbonyl (C=O) groups is 1. The Balaban J connectivity index is 1.83. The van der Waals surface area contributed by atoms with Gasteiger partial charge in [0, 0.05) is 19.5 Å². The lowest BCUT2D eigenvalue weighted by atomic mass is 9.89. The van der Waals surface area contributed by atoms with Gasteiger partial charge in [0.1, 0.15) is 0 Å². The van der Waals surface area contributed by atoms with E-state index in [1.165, 1.54) is 5.57 Å². The summed E-state index contributed by atoms with van der Waals surface area (Å²) in [7, 11) is 3.53. The zero-order valence-electron chi connectivity index (χ0n) is 13.0. The molecule has 1 aliphatic rings. The molecule has 1 aromatic heterocycles. The van der Waals surface area contributed by atoms with E-state index in [0.717, 1.165) is 30.2 Å². The highest BCUT2D eigenvalue weighted by Gasteiger charge is 2.29. The first-order valence-electron chi connectivity index (χ1n) is 7.52. The summed E-state index contributed by atoms with van der Waals surface area (Å²) >= 11 is 0. The van der Waals surface area contributed by atoms with Gasteiger partial charge in [0.2, 0.25) is 0 Å². The van der Waals surface area contributed by atoms with Crippen molar-refractivity contribution >= 4 is 16.8 Å². The van der Waals surface area contributed by atoms with Crippen LogP contribution >= 0.6 is 0 Å². The summed E-state index contributed by atoms with van der Waals surface area (Å²) in [6.07, 6.45) is 2.56. The molecular weight excluding hydrogens is 278 g/mol. The third-order valence-corrected chi connectivity index (χ3v) is 4.34. The highest BCUT2D eigenvalue weighted by molar-refractivity contribution is 6.04. The van der Waals surface area contributed by atoms with E-state index in [9.17, 15) is 4.79 Å². The van der Waals surface area contributed by atoms with E-state index in [-0.39, 0.29) is 18.1 Å². The molecule has 0 radical (unpaired) electrons. The van der Waals surface area contributed by atoms with Gasteiger partial charge in [0.05, 0.1) is 17.7 Å². The summed E-state index contributed by atoms with van der Waals surface area (Å²) in [6.45, 7) is 4.02. The number of methoxy groups -OCH3 is 1. The van der Waals surface area contributed by atoms with Crippen LogP contribution in [0.2, 0.25) is 0 Å². The minimum absolute atomic E-state index is 0.00349. The average Bonchev–Trinajstić information content (AvgIpc) is 2.87. The molecule has 3 rings (SSSR count). The van der Waals surface area contributed by atoms with Crippen LogP contribution in [0.15, 0.2) is 36.4 Å². The van der Waals surface area contributed by atoms with E-state index in [4.69, 9.17) is 4.74 Å². The van der Waals surface area contributed by atoms with Crippen LogP contribution in [0.25, 0.3) is 10.9 Å². The summed E-state index contributed by atoms with van der Waals surface area (Å²) in [5.74, 6) is -0.142. The Morgan fingerprint density at radius 1 is 1.45 bits per heavy atom. The number of rotatable bonds is 3. The first kappa shape index (κ1) is 14.8. The van der Waals surface area contributed by atoms with E-state index in [1.807, 2.05) is 31.3 Å². The van der Waals surface area contributed by atoms with Crippen molar-refractivity contribution < 1.29 is 9.53 Å². The fourth-order valence-corrected chi connectivity index (χ4v) is 3.11. The Morgan fingerprint density at radius 2 is 2.23 bits per heavy atom. The number of fused-ring (bicyclic) bond motifs is 1. The fourth-order valence-electron chi connectivity index (χ4n) is 3.11. The van der Waals surface area contributed by atoms with E-state index in [2.05, 4.69) is 17.0 Å². The van der Waals surface area contributed by atoms with Crippen LogP contribution in [-0.2, 0) is 11.8 Å². The molecule has 2 unspecified atom stereocenters. The van der Waals surface area contributed by atoms with Crippen molar-refractivity contribution in [3.8, 4) is 0 Å². The number of ether oxygens (including phenoxy) is 1. The monoisotopic (exact) mass is 299 g/mol. The minimum Gasteiger partial charge on any atom is -0.379 e. The summed E-state index contributed by atoms with van der Waals surface area (Å²) in [5.41, 5.74) is 2.60. The van der Waals surface area contributed by atoms with E-state index in [1.54, 1.807) is 11.8 Å². The van der Waals surface area contributed by atoms with E-state index >= 15 is 0 Å². The minimum atomic E-state index is -0.142. The molecule has 1 N–H and O–H groups in total. The predicted molar refractivity (Wildman–Crippen MR) is 85.8 cm³/mol. The van der Waals surface area contributed by atoms with Gasteiger partial charge in [-0.1, -0.05) is 30.4 Å². The normalized spacial score (nSPS) is 22.0. The van der Waals surface area contributed by atoms with Gasteiger partial charge in [-0.05, 0) is 25.3 Å². The van der Waals surface area contributed by atoms with E-state index < -0.39 is 0 Å². The Morgan fingerprint density at radius 3 is 3.00 bits per heavy atom. The quantitative estimate of drug-likeness (QED) is 0.886. The number of hydrogen-bond donors (Lipinski definition) is 1. The maximum atomic E-state index is 12.6. The molecule has 0 aliphatic heterocycles. The summed E-state index contributed by atoms with van der Waals surface area (Å²) in [6, 6.07) is 7.75. The number of aryl methyl sites for hydroxylation is 1. The maximum absolute atomic E-state index is 12.6. The highest BCUT2D eigenvalue weighted by Crippen LogP contribution is 2.25. The van der Waals surface area contributed by atoms with Crippen molar-refractivity contribution in [3.05, 3.63) is 42.1 Å². The van der Waals surface area contributed by atoms with Crippen LogP contribution in [0.1, 0.15) is 29.8 Å². The van der Waals surface area contributed by atoms with Crippen LogP contribution < -0.4 is 5.32 Å². The summed E-state index contributed by atoms with van der Waals surface area (Å²) in [4.78, 5) is 12.6. The number of nitrogens with zero attached hydrogens (tertiary/aromatic N) is 2. The van der Waals surface area contributed by atoms with Crippen molar-refractivity contribution in [1.82, 2.24) is 15.1 Å². The largest absolute Gasteiger partial charge is 0.379 e. The summed E-state index contributed by atoms with van der Waals surface area (Å²) < 4.78 is 7.24. The lowest BCUT2D eigenvalue weighted by molar-refractivity contribution is 0.0507. The molecular formula is C17H21N3O2. The standard InChI is InChI=1S/C17H21N3O2/c1-11-8-9-13(15(10-11)22-3)18-17(21)16-12-6-4-5-7-14(12)20(2)19-16/h4-7,13,15H,1,8-10H2,2-3H3,(H,18,21). The van der Waals surface area contributed by atoms with Gasteiger partial charge >= 0.3 is 0 Å². The van der Waals surface area contributed by atoms with Crippen molar-refractivity contribution in [2.24, 2.45) is 7.05 Å². The second kappa shape index (κ2) is 5.93. The first-order chi connectivity index (χ1) is 10.6. The molecule has 22 heavy (non-hydrogen) atoms. The van der Waals surface area contributed by atoms with Gasteiger partial charge in [-0.25, -0.2) is 0 Å². The highest BCUT2D eigenvalue weighted by atomic mass is 16.5. The van der Waals surface area contributed by atoms with Crippen LogP contribution in [-0.4, -0.2) is 34.9 Å². The van der Waals surface area contributed by atoms with Gasteiger partial charge in [0.15, 0.2) is 5.69 Å². The lowest BCUT2D eigenvalue weighted by Crippen LogP contribution is -2.46. The molecule has 2 aromatic rings. The van der Waals surface area contributed by atoms with Crippen molar-refractivity contribution in [3.63, 3.8) is 0 Å². The fraction of sp³-hybridized carbons (Fsp3) is 0.412. The van der Waals surface area contributed by atoms with Gasteiger partial charge in [0.25, 0.3) is 5.91 Å². The second-order valence-electron chi connectivity index (χ2n) is 5.84. The molecule has 1 amide bonds. The van der Waals surface area contributed by atoms with Gasteiger partial charge < -0.3 is 10.1 Å². The van der Waals surface area contributed by atoms with Crippen molar-refractivity contribution in [1.29, 1.82) is 0 Å². The molecule has 5 nitrogen and oxygen atoms in total. The molecule has 116 valence electrons. The number of benzene rings is 1. The third kappa shape index (κ3) is 2.64. The molecule has 2 atom stereocenters. The molecule has 1 saturated carbocycles. The molecule has 1 aliphatic carbocycles. The van der Waals surface area contributed by atoms with Crippen molar-refractivity contribution in [2.45, 2.75) is 31.4 Å². The number of hydrogen-bond acceptors (Lipinski definition) is 3. The lowest BCUT2D eigenvalue weighted by Gasteiger charge is -2.32. The van der Waals surface area contributed by atoms with Crippen molar-refractivity contribution in [2.75, 3.05) is 7.11 Å². The Labute approximate surface area is 129 Å². The molecule has 1 aromatic carbocycles. The maximum Gasteiger partial charge on any atom is 0.272 e. The Bertz CT molecular complexity index is 720. The predicted octanol–water partition coefficient (Wildman–Crippen LogP) is 2.43.